The number of aliphatic hydroxyl groups excluding tert-OH is 1. The lowest BCUT2D eigenvalue weighted by molar-refractivity contribution is -0.166. The maximum absolute atomic E-state index is 13.8. The second-order valence-corrected chi connectivity index (χ2v) is 19.1. The second-order valence-electron chi connectivity index (χ2n) is 19.1. The van der Waals surface area contributed by atoms with Crippen molar-refractivity contribution < 1.29 is 63.0 Å². The van der Waals surface area contributed by atoms with E-state index < -0.39 is 71.1 Å². The monoisotopic (exact) mass is 758 g/mol. The van der Waals surface area contributed by atoms with Crippen molar-refractivity contribution in [2.24, 2.45) is 94.7 Å². The molecule has 54 heavy (non-hydrogen) atoms. The molecule has 19 atom stereocenters. The molecule has 13 heteroatoms. The summed E-state index contributed by atoms with van der Waals surface area (Å²) in [5.41, 5.74) is -0.691. The predicted molar refractivity (Wildman–Crippen MR) is 188 cm³/mol. The number of ether oxygens (including phenoxy) is 4. The average Bonchev–Trinajstić information content (AvgIpc) is 3.93. The second kappa shape index (κ2) is 14.5. The van der Waals surface area contributed by atoms with E-state index in [1.165, 1.54) is 0 Å². The maximum Gasteiger partial charge on any atom is 0.317 e. The first-order chi connectivity index (χ1) is 25.4. The predicted octanol–water partition coefficient (Wildman–Crippen LogP) is 4.36. The van der Waals surface area contributed by atoms with Gasteiger partial charge < -0.3 is 34.3 Å². The topological polar surface area (TPSA) is 200 Å². The van der Waals surface area contributed by atoms with Gasteiger partial charge >= 0.3 is 35.8 Å². The fraction of sp³-hybridized carbons (Fsp3) is 0.854. The Labute approximate surface area is 316 Å². The van der Waals surface area contributed by atoms with Gasteiger partial charge in [0.25, 0.3) is 0 Å². The van der Waals surface area contributed by atoms with Crippen molar-refractivity contribution in [3.8, 4) is 0 Å². The van der Waals surface area contributed by atoms with Crippen LogP contribution in [0.1, 0.15) is 92.9 Å². The number of aliphatic carboxylic acids is 2. The van der Waals surface area contributed by atoms with Crippen LogP contribution in [0.25, 0.3) is 0 Å². The molecule has 13 nitrogen and oxygen atoms in total. The quantitative estimate of drug-likeness (QED) is 0.136. The minimum absolute atomic E-state index is 0.0585. The van der Waals surface area contributed by atoms with Crippen molar-refractivity contribution in [2.75, 3.05) is 6.61 Å². The molecule has 0 amide bonds. The third-order valence-corrected chi connectivity index (χ3v) is 15.2. The van der Waals surface area contributed by atoms with E-state index in [-0.39, 0.29) is 96.4 Å². The van der Waals surface area contributed by atoms with Gasteiger partial charge in [-0.3, -0.25) is 28.8 Å². The molecule has 300 valence electrons. The number of fused-ring (bicyclic) bond motifs is 6. The van der Waals surface area contributed by atoms with E-state index in [2.05, 4.69) is 6.92 Å². The van der Waals surface area contributed by atoms with Crippen LogP contribution in [0.2, 0.25) is 0 Å². The van der Waals surface area contributed by atoms with Crippen molar-refractivity contribution >= 4 is 35.8 Å². The van der Waals surface area contributed by atoms with E-state index in [1.54, 1.807) is 13.8 Å². The Balaban J connectivity index is 1.19. The minimum atomic E-state index is -1.16. The average molecular weight is 759 g/mol. The fourth-order valence-electron chi connectivity index (χ4n) is 13.1. The normalized spacial score (nSPS) is 45.2. The van der Waals surface area contributed by atoms with E-state index in [4.69, 9.17) is 18.9 Å². The van der Waals surface area contributed by atoms with Crippen LogP contribution in [0.4, 0.5) is 0 Å². The van der Waals surface area contributed by atoms with Gasteiger partial charge in [-0.15, -0.1) is 0 Å². The number of carboxylic acids is 2. The first kappa shape index (κ1) is 39.2. The molecule has 3 N–H and O–H groups in total. The first-order valence-electron chi connectivity index (χ1n) is 20.3. The number of cyclic esters (lactones) is 2. The Kier molecular flexibility index (Phi) is 10.5. The third-order valence-electron chi connectivity index (χ3n) is 15.2. The van der Waals surface area contributed by atoms with Gasteiger partial charge in [0.1, 0.15) is 5.60 Å². The number of esters is 4. The molecule has 3 heterocycles. The Morgan fingerprint density at radius 2 is 1.46 bits per heavy atom. The lowest BCUT2D eigenvalue weighted by Crippen LogP contribution is -2.49. The Morgan fingerprint density at radius 1 is 0.815 bits per heavy atom. The summed E-state index contributed by atoms with van der Waals surface area (Å²) in [5.74, 6) is -9.64. The molecule has 6 bridgehead atoms. The van der Waals surface area contributed by atoms with Crippen LogP contribution in [-0.2, 0) is 47.7 Å². The Hall–Kier alpha value is -3.06. The Morgan fingerprint density at radius 3 is 2.06 bits per heavy atom. The molecule has 3 aliphatic heterocycles. The van der Waals surface area contributed by atoms with Crippen molar-refractivity contribution in [2.45, 2.75) is 117 Å². The minimum Gasteiger partial charge on any atom is -0.481 e. The first-order valence-corrected chi connectivity index (χ1v) is 20.3. The highest BCUT2D eigenvalue weighted by atomic mass is 16.6. The van der Waals surface area contributed by atoms with Crippen LogP contribution in [-0.4, -0.2) is 81.7 Å². The van der Waals surface area contributed by atoms with Crippen molar-refractivity contribution in [3.63, 3.8) is 0 Å². The highest BCUT2D eigenvalue weighted by molar-refractivity contribution is 5.96. The summed E-state index contributed by atoms with van der Waals surface area (Å²) in [6.07, 6.45) is 3.68. The molecule has 0 radical (unpaired) electrons. The summed E-state index contributed by atoms with van der Waals surface area (Å²) in [7, 11) is 0. The van der Waals surface area contributed by atoms with Crippen LogP contribution in [0, 0.1) is 94.7 Å². The number of carbonyl (C=O) groups is 6. The fourth-order valence-corrected chi connectivity index (χ4v) is 13.1. The van der Waals surface area contributed by atoms with Crippen LogP contribution in [0.3, 0.4) is 0 Å². The lowest BCUT2D eigenvalue weighted by Gasteiger charge is -2.48. The standard InChI is InChI=1S/C41H58O13/c1-16(42)9-10-51-38(48)28-15-29-17(2)20(34(28)52-29)7-8-21-19-11-23(26(12-19)40(50)54-41(4,5)6)30(21)31-24(13-22-18(3)37(47)53-39(22)49)25-14-27(31)33(36(45)46)32(25)35(43)44/h16-34,42H,7-15H2,1-6H3,(H,43,44)(H,45,46). The van der Waals surface area contributed by atoms with Crippen LogP contribution in [0.5, 0.6) is 0 Å². The molecule has 19 unspecified atom stereocenters. The van der Waals surface area contributed by atoms with E-state index in [1.807, 2.05) is 20.8 Å². The molecule has 0 aromatic heterocycles. The third kappa shape index (κ3) is 6.77. The molecule has 0 spiro atoms. The smallest absolute Gasteiger partial charge is 0.317 e. The molecule has 3 saturated heterocycles. The van der Waals surface area contributed by atoms with Gasteiger partial charge in [-0.05, 0) is 132 Å². The summed E-state index contributed by atoms with van der Waals surface area (Å²) in [6.45, 7) is 11.1. The van der Waals surface area contributed by atoms with Gasteiger partial charge in [0.15, 0.2) is 0 Å². The zero-order valence-corrected chi connectivity index (χ0v) is 32.3. The summed E-state index contributed by atoms with van der Waals surface area (Å²) < 4.78 is 22.9. The molecule has 4 saturated carbocycles. The molecule has 4 aliphatic carbocycles. The van der Waals surface area contributed by atoms with E-state index >= 15 is 0 Å². The summed E-state index contributed by atoms with van der Waals surface area (Å²) in [6, 6.07) is 0. The number of hydrogen-bond donors (Lipinski definition) is 3. The molecular weight excluding hydrogens is 700 g/mol. The molecule has 7 fully saturated rings. The highest BCUT2D eigenvalue weighted by Gasteiger charge is 2.69. The van der Waals surface area contributed by atoms with E-state index in [0.717, 1.165) is 19.3 Å². The van der Waals surface area contributed by atoms with Gasteiger partial charge in [-0.2, -0.15) is 0 Å². The van der Waals surface area contributed by atoms with Crippen LogP contribution >= 0.6 is 0 Å². The summed E-state index contributed by atoms with van der Waals surface area (Å²) in [5, 5.41) is 30.6. The SMILES string of the molecule is CC(O)CCOC(=O)C1CC2OC1C(CCC1C3CC(C(=O)OC(C)(C)C)C(C3)C1C1C(CC3C(=O)OC(=O)C3C)C3CC1C(C(=O)O)C3C(=O)O)C2C. The van der Waals surface area contributed by atoms with Gasteiger partial charge in [0.05, 0.1) is 60.4 Å². The van der Waals surface area contributed by atoms with Crippen molar-refractivity contribution in [3.05, 3.63) is 0 Å². The lowest BCUT2D eigenvalue weighted by atomic mass is 9.55. The van der Waals surface area contributed by atoms with Gasteiger partial charge in [0, 0.05) is 6.42 Å². The maximum atomic E-state index is 13.8. The number of rotatable bonds is 13. The Bertz CT molecular complexity index is 1530. The van der Waals surface area contributed by atoms with Gasteiger partial charge in [0.2, 0.25) is 0 Å². The molecule has 0 aromatic carbocycles. The van der Waals surface area contributed by atoms with Gasteiger partial charge in [-0.1, -0.05) is 13.8 Å². The zero-order valence-electron chi connectivity index (χ0n) is 32.3. The van der Waals surface area contributed by atoms with Crippen LogP contribution in [0.15, 0.2) is 0 Å². The van der Waals surface area contributed by atoms with Crippen LogP contribution < -0.4 is 0 Å². The number of aliphatic hydroxyl groups is 1. The highest BCUT2D eigenvalue weighted by Crippen LogP contribution is 2.69. The summed E-state index contributed by atoms with van der Waals surface area (Å²) >= 11 is 0. The number of carbonyl (C=O) groups excluding carboxylic acids is 4. The summed E-state index contributed by atoms with van der Waals surface area (Å²) in [4.78, 5) is 78.1. The van der Waals surface area contributed by atoms with Gasteiger partial charge in [-0.25, -0.2) is 0 Å². The van der Waals surface area contributed by atoms with Crippen molar-refractivity contribution in [1.29, 1.82) is 0 Å². The molecule has 7 aliphatic rings. The molecule has 7 rings (SSSR count). The van der Waals surface area contributed by atoms with Crippen molar-refractivity contribution in [1.82, 2.24) is 0 Å². The van der Waals surface area contributed by atoms with E-state index in [0.29, 0.717) is 25.7 Å². The zero-order chi connectivity index (χ0) is 39.1. The molecular formula is C41H58O13. The number of carboxylic acid groups (broad SMARTS) is 2. The largest absolute Gasteiger partial charge is 0.481 e. The molecule has 0 aromatic rings. The van der Waals surface area contributed by atoms with E-state index in [9.17, 15) is 44.1 Å². The number of hydrogen-bond acceptors (Lipinski definition) is 11.